The van der Waals surface area contributed by atoms with Crippen LogP contribution in [0.15, 0.2) is 18.5 Å². The lowest BCUT2D eigenvalue weighted by atomic mass is 10.2. The Balaban J connectivity index is 2.01. The van der Waals surface area contributed by atoms with Crippen LogP contribution in [0.25, 0.3) is 0 Å². The Kier molecular flexibility index (Phi) is 3.76. The van der Waals surface area contributed by atoms with Crippen LogP contribution in [0, 0.1) is 6.92 Å². The van der Waals surface area contributed by atoms with E-state index < -0.39 is 0 Å². The molecule has 0 unspecified atom stereocenters. The van der Waals surface area contributed by atoms with Crippen LogP contribution in [0.2, 0.25) is 0 Å². The number of nitrogens with zero attached hydrogens (tertiary/aromatic N) is 4. The second kappa shape index (κ2) is 5.48. The van der Waals surface area contributed by atoms with Gasteiger partial charge in [0, 0.05) is 37.6 Å². The van der Waals surface area contributed by atoms with Crippen molar-refractivity contribution in [3.05, 3.63) is 29.7 Å². The summed E-state index contributed by atoms with van der Waals surface area (Å²) in [6, 6.07) is 1.85. The van der Waals surface area contributed by atoms with E-state index in [1.54, 1.807) is 6.20 Å². The normalized spacial score (nSPS) is 10.4. The lowest BCUT2D eigenvalue weighted by molar-refractivity contribution is 0.738. The minimum absolute atomic E-state index is 0.644. The summed E-state index contributed by atoms with van der Waals surface area (Å²) in [5.74, 6) is 1.45. The average Bonchev–Trinajstić information content (AvgIpc) is 2.69. The largest absolute Gasteiger partial charge is 0.366 e. The molecule has 0 bridgehead atoms. The third kappa shape index (κ3) is 2.77. The van der Waals surface area contributed by atoms with Crippen molar-refractivity contribution in [2.24, 2.45) is 7.05 Å². The van der Waals surface area contributed by atoms with Gasteiger partial charge in [0.1, 0.15) is 5.82 Å². The Morgan fingerprint density at radius 1 is 1.33 bits per heavy atom. The molecule has 2 rings (SSSR count). The molecule has 0 saturated heterocycles. The van der Waals surface area contributed by atoms with Crippen LogP contribution in [0.1, 0.15) is 18.2 Å². The molecular formula is C12H18N6. The molecule has 0 saturated carbocycles. The molecule has 0 aliphatic heterocycles. The SMILES string of the molecule is CCNc1nccc(NCc2cnn(C)c2C)n1. The molecule has 2 N–H and O–H groups in total. The number of anilines is 2. The lowest BCUT2D eigenvalue weighted by Gasteiger charge is -2.07. The Bertz CT molecular complexity index is 519. The van der Waals surface area contributed by atoms with Gasteiger partial charge in [-0.2, -0.15) is 10.1 Å². The van der Waals surface area contributed by atoms with Crippen molar-refractivity contribution in [3.8, 4) is 0 Å². The smallest absolute Gasteiger partial charge is 0.224 e. The molecule has 0 atom stereocenters. The van der Waals surface area contributed by atoms with Gasteiger partial charge in [0.05, 0.1) is 6.20 Å². The van der Waals surface area contributed by atoms with Gasteiger partial charge < -0.3 is 10.6 Å². The number of rotatable bonds is 5. The number of hydrogen-bond donors (Lipinski definition) is 2. The van der Waals surface area contributed by atoms with E-state index >= 15 is 0 Å². The predicted molar refractivity (Wildman–Crippen MR) is 71.5 cm³/mol. The van der Waals surface area contributed by atoms with Gasteiger partial charge in [0.15, 0.2) is 0 Å². The summed E-state index contributed by atoms with van der Waals surface area (Å²) in [7, 11) is 1.94. The molecule has 96 valence electrons. The van der Waals surface area contributed by atoms with Gasteiger partial charge in [-0.25, -0.2) is 4.98 Å². The van der Waals surface area contributed by atoms with Gasteiger partial charge in [-0.05, 0) is 19.9 Å². The molecule has 0 fully saturated rings. The molecule has 2 aromatic heterocycles. The Hall–Kier alpha value is -2.11. The van der Waals surface area contributed by atoms with E-state index in [9.17, 15) is 0 Å². The lowest BCUT2D eigenvalue weighted by Crippen LogP contribution is -2.06. The number of aromatic nitrogens is 4. The van der Waals surface area contributed by atoms with E-state index in [0.717, 1.165) is 18.1 Å². The number of nitrogens with one attached hydrogen (secondary N) is 2. The van der Waals surface area contributed by atoms with Gasteiger partial charge in [-0.15, -0.1) is 0 Å². The van der Waals surface area contributed by atoms with Crippen molar-refractivity contribution in [1.29, 1.82) is 0 Å². The second-order valence-electron chi connectivity index (χ2n) is 4.03. The molecule has 0 aliphatic carbocycles. The van der Waals surface area contributed by atoms with Crippen LogP contribution < -0.4 is 10.6 Å². The molecule has 2 aromatic rings. The zero-order valence-corrected chi connectivity index (χ0v) is 10.9. The van der Waals surface area contributed by atoms with Crippen molar-refractivity contribution in [3.63, 3.8) is 0 Å². The molecule has 6 nitrogen and oxygen atoms in total. The first kappa shape index (κ1) is 12.3. The summed E-state index contributed by atoms with van der Waals surface area (Å²) in [5, 5.41) is 10.6. The van der Waals surface area contributed by atoms with Crippen molar-refractivity contribution in [2.45, 2.75) is 20.4 Å². The standard InChI is InChI=1S/C12H18N6/c1-4-13-12-14-6-5-11(17-12)15-7-10-8-16-18(3)9(10)2/h5-6,8H,4,7H2,1-3H3,(H2,13,14,15,17). The van der Waals surface area contributed by atoms with Crippen LogP contribution in [0.5, 0.6) is 0 Å². The van der Waals surface area contributed by atoms with E-state index in [1.807, 2.05) is 37.8 Å². The monoisotopic (exact) mass is 246 g/mol. The first-order chi connectivity index (χ1) is 8.70. The van der Waals surface area contributed by atoms with E-state index in [-0.39, 0.29) is 0 Å². The van der Waals surface area contributed by atoms with Gasteiger partial charge in [-0.1, -0.05) is 0 Å². The quantitative estimate of drug-likeness (QED) is 0.838. The minimum atomic E-state index is 0.644. The summed E-state index contributed by atoms with van der Waals surface area (Å²) in [6.07, 6.45) is 3.61. The van der Waals surface area contributed by atoms with Gasteiger partial charge in [-0.3, -0.25) is 4.68 Å². The molecule has 0 aliphatic rings. The highest BCUT2D eigenvalue weighted by atomic mass is 15.3. The van der Waals surface area contributed by atoms with Crippen molar-refractivity contribution >= 4 is 11.8 Å². The topological polar surface area (TPSA) is 67.7 Å². The maximum Gasteiger partial charge on any atom is 0.224 e. The molecule has 0 amide bonds. The minimum Gasteiger partial charge on any atom is -0.366 e. The summed E-state index contributed by atoms with van der Waals surface area (Å²) < 4.78 is 1.86. The highest BCUT2D eigenvalue weighted by molar-refractivity contribution is 5.40. The Morgan fingerprint density at radius 2 is 2.17 bits per heavy atom. The fourth-order valence-corrected chi connectivity index (χ4v) is 1.60. The second-order valence-corrected chi connectivity index (χ2v) is 4.03. The fourth-order valence-electron chi connectivity index (χ4n) is 1.60. The molecule has 0 radical (unpaired) electrons. The number of hydrogen-bond acceptors (Lipinski definition) is 5. The highest BCUT2D eigenvalue weighted by Gasteiger charge is 2.04. The van der Waals surface area contributed by atoms with Gasteiger partial charge in [0.2, 0.25) is 5.95 Å². The Labute approximate surface area is 106 Å². The summed E-state index contributed by atoms with van der Waals surface area (Å²) in [4.78, 5) is 8.48. The molecule has 2 heterocycles. The van der Waals surface area contributed by atoms with E-state index in [4.69, 9.17) is 0 Å². The van der Waals surface area contributed by atoms with Gasteiger partial charge in [0.25, 0.3) is 0 Å². The maximum atomic E-state index is 4.35. The van der Waals surface area contributed by atoms with Crippen LogP contribution in [0.3, 0.4) is 0 Å². The van der Waals surface area contributed by atoms with E-state index in [0.29, 0.717) is 12.5 Å². The van der Waals surface area contributed by atoms with Crippen LogP contribution >= 0.6 is 0 Å². The van der Waals surface area contributed by atoms with E-state index in [2.05, 4.69) is 25.7 Å². The summed E-state index contributed by atoms with van der Waals surface area (Å²) in [6.45, 7) is 5.59. The van der Waals surface area contributed by atoms with Crippen molar-refractivity contribution in [1.82, 2.24) is 19.7 Å². The van der Waals surface area contributed by atoms with Gasteiger partial charge >= 0.3 is 0 Å². The first-order valence-electron chi connectivity index (χ1n) is 5.99. The zero-order chi connectivity index (χ0) is 13.0. The van der Waals surface area contributed by atoms with Crippen LogP contribution in [-0.2, 0) is 13.6 Å². The predicted octanol–water partition coefficient (Wildman–Crippen LogP) is 1.56. The zero-order valence-electron chi connectivity index (χ0n) is 10.9. The van der Waals surface area contributed by atoms with E-state index in [1.165, 1.54) is 5.56 Å². The number of aryl methyl sites for hydroxylation is 1. The van der Waals surface area contributed by atoms with Crippen molar-refractivity contribution in [2.75, 3.05) is 17.2 Å². The first-order valence-corrected chi connectivity index (χ1v) is 5.99. The maximum absolute atomic E-state index is 4.35. The van der Waals surface area contributed by atoms with Crippen molar-refractivity contribution < 1.29 is 0 Å². The third-order valence-corrected chi connectivity index (χ3v) is 2.79. The Morgan fingerprint density at radius 3 is 2.83 bits per heavy atom. The van der Waals surface area contributed by atoms with Crippen LogP contribution in [0.4, 0.5) is 11.8 Å². The average molecular weight is 246 g/mol. The molecule has 0 spiro atoms. The molecule has 0 aromatic carbocycles. The third-order valence-electron chi connectivity index (χ3n) is 2.79. The summed E-state index contributed by atoms with van der Waals surface area (Å²) in [5.41, 5.74) is 2.32. The highest BCUT2D eigenvalue weighted by Crippen LogP contribution is 2.10. The summed E-state index contributed by atoms with van der Waals surface area (Å²) >= 11 is 0. The van der Waals surface area contributed by atoms with Crippen LogP contribution in [-0.4, -0.2) is 26.3 Å². The molecule has 6 heteroatoms. The fraction of sp³-hybridized carbons (Fsp3) is 0.417. The molecule has 18 heavy (non-hydrogen) atoms. The molecular weight excluding hydrogens is 228 g/mol.